The van der Waals surface area contributed by atoms with Gasteiger partial charge in [0.1, 0.15) is 0 Å². The Morgan fingerprint density at radius 1 is 0.483 bits per heavy atom. The monoisotopic (exact) mass is 398 g/mol. The van der Waals surface area contributed by atoms with Gasteiger partial charge in [-0.15, -0.1) is 0 Å². The fourth-order valence-electron chi connectivity index (χ4n) is 5.95. The van der Waals surface area contributed by atoms with E-state index in [4.69, 9.17) is 0 Å². The van der Waals surface area contributed by atoms with Crippen molar-refractivity contribution in [2.75, 3.05) is 0 Å². The van der Waals surface area contributed by atoms with E-state index in [1.165, 1.54) is 38.5 Å². The molecule has 0 spiro atoms. The first-order valence-electron chi connectivity index (χ1n) is 11.3. The first kappa shape index (κ1) is 19.1. The second-order valence-corrected chi connectivity index (χ2v) is 11.4. The zero-order valence-electron chi connectivity index (χ0n) is 17.2. The lowest BCUT2D eigenvalue weighted by Crippen LogP contribution is -2.26. The quantitative estimate of drug-likeness (QED) is 0.391. The van der Waals surface area contributed by atoms with Gasteiger partial charge in [-0.1, -0.05) is 112 Å². The number of rotatable bonds is 5. The van der Waals surface area contributed by atoms with Crippen LogP contribution in [0, 0.1) is 0 Å². The molecule has 3 aromatic rings. The van der Waals surface area contributed by atoms with Crippen LogP contribution in [0.1, 0.15) is 61.5 Å². The summed E-state index contributed by atoms with van der Waals surface area (Å²) < 4.78 is 0. The standard InChI is InChI=1S/C28H31P/c1-4-12-22(13-5-1)25-18-10-20-27(25)29(24-16-8-3-9-17-24)28-21-11-19-26(28)23-14-6-2-7-15-23/h1-9,12-17,25-28H,10-11,18-21H2/t25?,26?,27-,28+,29?. The van der Waals surface area contributed by atoms with Crippen LogP contribution in [0.5, 0.6) is 0 Å². The molecule has 0 heterocycles. The highest BCUT2D eigenvalue weighted by Crippen LogP contribution is 2.62. The summed E-state index contributed by atoms with van der Waals surface area (Å²) in [5.41, 5.74) is 4.80. The van der Waals surface area contributed by atoms with Gasteiger partial charge < -0.3 is 0 Å². The smallest absolute Gasteiger partial charge is 0.00911 e. The van der Waals surface area contributed by atoms with Crippen molar-refractivity contribution in [1.29, 1.82) is 0 Å². The van der Waals surface area contributed by atoms with Crippen LogP contribution in [0.15, 0.2) is 91.0 Å². The van der Waals surface area contributed by atoms with Gasteiger partial charge in [0.2, 0.25) is 0 Å². The van der Waals surface area contributed by atoms with Gasteiger partial charge in [-0.25, -0.2) is 0 Å². The van der Waals surface area contributed by atoms with Crippen LogP contribution in [0.4, 0.5) is 0 Å². The predicted octanol–water partition coefficient (Wildman–Crippen LogP) is 7.47. The Kier molecular flexibility index (Phi) is 5.82. The molecule has 0 nitrogen and oxygen atoms in total. The van der Waals surface area contributed by atoms with Crippen LogP contribution in [-0.2, 0) is 0 Å². The van der Waals surface area contributed by atoms with E-state index in [1.54, 1.807) is 16.4 Å². The van der Waals surface area contributed by atoms with Crippen LogP contribution >= 0.6 is 7.92 Å². The minimum Gasteiger partial charge on any atom is -0.0677 e. The summed E-state index contributed by atoms with van der Waals surface area (Å²) in [4.78, 5) is 0. The summed E-state index contributed by atoms with van der Waals surface area (Å²) in [6, 6.07) is 34.4. The topological polar surface area (TPSA) is 0 Å². The molecule has 0 aromatic heterocycles. The Bertz CT molecular complexity index is 832. The van der Waals surface area contributed by atoms with Crippen molar-refractivity contribution in [3.8, 4) is 0 Å². The molecular weight excluding hydrogens is 367 g/mol. The summed E-state index contributed by atoms with van der Waals surface area (Å²) in [6.07, 6.45) is 8.31. The van der Waals surface area contributed by atoms with E-state index in [0.29, 0.717) is 0 Å². The maximum Gasteiger partial charge on any atom is -0.00911 e. The number of benzene rings is 3. The van der Waals surface area contributed by atoms with Crippen LogP contribution in [0.2, 0.25) is 0 Å². The largest absolute Gasteiger partial charge is 0.0677 e. The van der Waals surface area contributed by atoms with Gasteiger partial charge in [0, 0.05) is 0 Å². The Balaban J connectivity index is 1.54. The average Bonchev–Trinajstić information content (AvgIpc) is 3.47. The molecule has 0 amide bonds. The van der Waals surface area contributed by atoms with Crippen molar-refractivity contribution in [3.63, 3.8) is 0 Å². The van der Waals surface area contributed by atoms with E-state index >= 15 is 0 Å². The van der Waals surface area contributed by atoms with Crippen LogP contribution in [0.25, 0.3) is 0 Å². The third kappa shape index (κ3) is 3.93. The highest BCUT2D eigenvalue weighted by atomic mass is 31.1. The molecule has 5 rings (SSSR count). The Morgan fingerprint density at radius 2 is 0.897 bits per heavy atom. The minimum absolute atomic E-state index is 0.184. The van der Waals surface area contributed by atoms with E-state index in [1.807, 2.05) is 0 Å². The lowest BCUT2D eigenvalue weighted by molar-refractivity contribution is 0.697. The van der Waals surface area contributed by atoms with Gasteiger partial charge in [0.05, 0.1) is 0 Å². The Hall–Kier alpha value is -1.91. The molecule has 0 N–H and O–H groups in total. The third-order valence-electron chi connectivity index (χ3n) is 7.18. The second-order valence-electron chi connectivity index (χ2n) is 8.77. The molecule has 0 radical (unpaired) electrons. The number of hydrogen-bond acceptors (Lipinski definition) is 0. The van der Waals surface area contributed by atoms with E-state index < -0.39 is 0 Å². The molecule has 2 aliphatic carbocycles. The molecule has 5 atom stereocenters. The summed E-state index contributed by atoms with van der Waals surface area (Å²) in [6.45, 7) is 0. The normalized spacial score (nSPS) is 27.7. The van der Waals surface area contributed by atoms with Gasteiger partial charge in [-0.3, -0.25) is 0 Å². The Labute approximate surface area is 177 Å². The highest BCUT2D eigenvalue weighted by molar-refractivity contribution is 7.67. The van der Waals surface area contributed by atoms with Crippen molar-refractivity contribution >= 4 is 13.2 Å². The zero-order valence-corrected chi connectivity index (χ0v) is 18.1. The van der Waals surface area contributed by atoms with Crippen LogP contribution < -0.4 is 5.30 Å². The molecule has 0 bridgehead atoms. The first-order valence-corrected chi connectivity index (χ1v) is 12.8. The molecule has 148 valence electrons. The van der Waals surface area contributed by atoms with Gasteiger partial charge in [0.25, 0.3) is 0 Å². The van der Waals surface area contributed by atoms with Gasteiger partial charge in [-0.05, 0) is 65.3 Å². The third-order valence-corrected chi connectivity index (χ3v) is 10.7. The van der Waals surface area contributed by atoms with Crippen molar-refractivity contribution in [2.24, 2.45) is 0 Å². The molecule has 0 aliphatic heterocycles. The maximum atomic E-state index is 2.44. The predicted molar refractivity (Wildman–Crippen MR) is 127 cm³/mol. The first-order chi connectivity index (χ1) is 14.4. The lowest BCUT2D eigenvalue weighted by atomic mass is 9.97. The molecule has 2 saturated carbocycles. The maximum absolute atomic E-state index is 2.44. The van der Waals surface area contributed by atoms with Crippen molar-refractivity contribution in [2.45, 2.75) is 61.7 Å². The lowest BCUT2D eigenvalue weighted by Gasteiger charge is -2.37. The van der Waals surface area contributed by atoms with Gasteiger partial charge in [0.15, 0.2) is 0 Å². The van der Waals surface area contributed by atoms with Crippen LogP contribution in [-0.4, -0.2) is 11.3 Å². The molecular formula is C28H31P. The highest BCUT2D eigenvalue weighted by Gasteiger charge is 2.43. The molecule has 29 heavy (non-hydrogen) atoms. The van der Waals surface area contributed by atoms with E-state index in [0.717, 1.165) is 23.2 Å². The Morgan fingerprint density at radius 3 is 1.34 bits per heavy atom. The summed E-state index contributed by atoms with van der Waals surface area (Å²) in [5.74, 6) is 1.47. The van der Waals surface area contributed by atoms with Crippen LogP contribution in [0.3, 0.4) is 0 Å². The molecule has 2 fully saturated rings. The summed E-state index contributed by atoms with van der Waals surface area (Å²) >= 11 is 0. The molecule has 2 aliphatic rings. The fraction of sp³-hybridized carbons (Fsp3) is 0.357. The zero-order chi connectivity index (χ0) is 19.5. The molecule has 0 saturated heterocycles. The molecule has 1 heteroatoms. The van der Waals surface area contributed by atoms with Crippen molar-refractivity contribution in [1.82, 2.24) is 0 Å². The minimum atomic E-state index is -0.184. The SMILES string of the molecule is c1ccc(C2CCC[C@H]2P(c2ccccc2)[C@H]2CCCC2c2ccccc2)cc1. The number of hydrogen-bond donors (Lipinski definition) is 0. The van der Waals surface area contributed by atoms with E-state index in [-0.39, 0.29) is 7.92 Å². The molecule has 3 unspecified atom stereocenters. The second kappa shape index (κ2) is 8.85. The summed E-state index contributed by atoms with van der Waals surface area (Å²) in [5, 5.41) is 1.64. The molecule has 3 aromatic carbocycles. The summed E-state index contributed by atoms with van der Waals surface area (Å²) in [7, 11) is -0.184. The van der Waals surface area contributed by atoms with Crippen molar-refractivity contribution < 1.29 is 0 Å². The van der Waals surface area contributed by atoms with Crippen molar-refractivity contribution in [3.05, 3.63) is 102 Å². The average molecular weight is 399 g/mol. The van der Waals surface area contributed by atoms with Gasteiger partial charge in [-0.2, -0.15) is 0 Å². The fourth-order valence-corrected chi connectivity index (χ4v) is 10.1. The van der Waals surface area contributed by atoms with E-state index in [2.05, 4.69) is 91.0 Å². The van der Waals surface area contributed by atoms with Gasteiger partial charge >= 0.3 is 0 Å². The van der Waals surface area contributed by atoms with E-state index in [9.17, 15) is 0 Å².